The van der Waals surface area contributed by atoms with Crippen LogP contribution in [0.15, 0.2) is 47.3 Å². The molecule has 2 aliphatic rings. The maximum atomic E-state index is 12.4. The second-order valence-electron chi connectivity index (χ2n) is 7.65. The summed E-state index contributed by atoms with van der Waals surface area (Å²) >= 11 is 0. The normalized spacial score (nSPS) is 18.1. The number of amides is 2. The molecule has 1 aromatic carbocycles. The van der Waals surface area contributed by atoms with Crippen molar-refractivity contribution in [2.75, 3.05) is 26.2 Å². The van der Waals surface area contributed by atoms with Gasteiger partial charge in [0.2, 0.25) is 0 Å². The predicted octanol–water partition coefficient (Wildman–Crippen LogP) is 3.61. The zero-order chi connectivity index (χ0) is 18.6. The largest absolute Gasteiger partial charge is 0.472 e. The highest BCUT2D eigenvalue weighted by atomic mass is 16.3. The van der Waals surface area contributed by atoms with Crippen molar-refractivity contribution < 1.29 is 14.0 Å². The highest BCUT2D eigenvalue weighted by Gasteiger charge is 2.24. The van der Waals surface area contributed by atoms with Crippen LogP contribution in [-0.2, 0) is 6.42 Å². The van der Waals surface area contributed by atoms with Gasteiger partial charge >= 0.3 is 0 Å². The van der Waals surface area contributed by atoms with Crippen molar-refractivity contribution in [3.05, 3.63) is 59.5 Å². The molecule has 2 amide bonds. The lowest BCUT2D eigenvalue weighted by atomic mass is 9.89. The molecule has 2 saturated heterocycles. The Bertz CT molecular complexity index is 768. The van der Waals surface area contributed by atoms with Gasteiger partial charge in [-0.05, 0) is 61.8 Å². The van der Waals surface area contributed by atoms with E-state index in [1.165, 1.54) is 18.1 Å². The maximum Gasteiger partial charge on any atom is 0.257 e. The molecule has 2 aromatic rings. The molecule has 2 fully saturated rings. The first-order valence-electron chi connectivity index (χ1n) is 9.90. The molecular formula is C22H26N2O3. The third kappa shape index (κ3) is 4.07. The Kier molecular flexibility index (Phi) is 5.28. The molecule has 1 aromatic heterocycles. The number of furan rings is 1. The van der Waals surface area contributed by atoms with E-state index in [0.29, 0.717) is 11.5 Å². The summed E-state index contributed by atoms with van der Waals surface area (Å²) in [6.07, 6.45) is 8.32. The molecule has 4 rings (SSSR count). The van der Waals surface area contributed by atoms with Crippen LogP contribution in [-0.4, -0.2) is 47.8 Å². The number of nitrogens with zero attached hydrogens (tertiary/aromatic N) is 2. The number of carbonyl (C=O) groups is 2. The topological polar surface area (TPSA) is 53.8 Å². The van der Waals surface area contributed by atoms with Gasteiger partial charge in [-0.15, -0.1) is 0 Å². The molecule has 27 heavy (non-hydrogen) atoms. The average molecular weight is 366 g/mol. The lowest BCUT2D eigenvalue weighted by molar-refractivity contribution is 0.0689. The smallest absolute Gasteiger partial charge is 0.257 e. The van der Waals surface area contributed by atoms with Gasteiger partial charge in [0, 0.05) is 31.7 Å². The van der Waals surface area contributed by atoms with E-state index in [1.807, 2.05) is 21.9 Å². The van der Waals surface area contributed by atoms with E-state index in [-0.39, 0.29) is 11.8 Å². The SMILES string of the molecule is O=C(c1ccc(CC2CCN(C(=O)c3ccoc3)CC2)cc1)N1CCCC1. The lowest BCUT2D eigenvalue weighted by Crippen LogP contribution is -2.38. The van der Waals surface area contributed by atoms with Gasteiger partial charge in [-0.25, -0.2) is 0 Å². The van der Waals surface area contributed by atoms with Crippen LogP contribution in [0.3, 0.4) is 0 Å². The first kappa shape index (κ1) is 17.8. The summed E-state index contributed by atoms with van der Waals surface area (Å²) in [7, 11) is 0. The number of benzene rings is 1. The van der Waals surface area contributed by atoms with Gasteiger partial charge in [-0.2, -0.15) is 0 Å². The molecule has 0 N–H and O–H groups in total. The molecule has 2 aliphatic heterocycles. The van der Waals surface area contributed by atoms with E-state index in [4.69, 9.17) is 4.42 Å². The molecule has 0 aliphatic carbocycles. The fourth-order valence-electron chi connectivity index (χ4n) is 4.13. The molecule has 0 atom stereocenters. The van der Waals surface area contributed by atoms with E-state index < -0.39 is 0 Å². The molecule has 0 radical (unpaired) electrons. The van der Waals surface area contributed by atoms with Gasteiger partial charge < -0.3 is 14.2 Å². The Morgan fingerprint density at radius 3 is 2.11 bits per heavy atom. The molecular weight excluding hydrogens is 340 g/mol. The average Bonchev–Trinajstić information content (AvgIpc) is 3.42. The summed E-state index contributed by atoms with van der Waals surface area (Å²) in [6.45, 7) is 3.35. The van der Waals surface area contributed by atoms with Crippen molar-refractivity contribution in [1.29, 1.82) is 0 Å². The van der Waals surface area contributed by atoms with E-state index >= 15 is 0 Å². The summed E-state index contributed by atoms with van der Waals surface area (Å²) < 4.78 is 5.01. The molecule has 0 bridgehead atoms. The zero-order valence-electron chi connectivity index (χ0n) is 15.6. The third-order valence-electron chi connectivity index (χ3n) is 5.79. The second kappa shape index (κ2) is 7.99. The van der Waals surface area contributed by atoms with Crippen molar-refractivity contribution in [3.8, 4) is 0 Å². The third-order valence-corrected chi connectivity index (χ3v) is 5.79. The highest BCUT2D eigenvalue weighted by molar-refractivity contribution is 5.94. The van der Waals surface area contributed by atoms with Crippen LogP contribution in [0, 0.1) is 5.92 Å². The molecule has 5 heteroatoms. The van der Waals surface area contributed by atoms with Crippen molar-refractivity contribution >= 4 is 11.8 Å². The lowest BCUT2D eigenvalue weighted by Gasteiger charge is -2.32. The number of hydrogen-bond acceptors (Lipinski definition) is 3. The number of hydrogen-bond donors (Lipinski definition) is 0. The summed E-state index contributed by atoms with van der Waals surface area (Å²) in [5, 5.41) is 0. The van der Waals surface area contributed by atoms with Crippen LogP contribution in [0.2, 0.25) is 0 Å². The fraction of sp³-hybridized carbons (Fsp3) is 0.455. The molecule has 142 valence electrons. The van der Waals surface area contributed by atoms with Gasteiger partial charge in [-0.1, -0.05) is 12.1 Å². The standard InChI is InChI=1S/C22H26N2O3/c25-21(23-10-1-2-11-23)19-5-3-17(4-6-19)15-18-7-12-24(13-8-18)22(26)20-9-14-27-16-20/h3-6,9,14,16,18H,1-2,7-8,10-13,15H2. The number of likely N-dealkylation sites (tertiary alicyclic amines) is 2. The van der Waals surface area contributed by atoms with Crippen LogP contribution in [0.5, 0.6) is 0 Å². The predicted molar refractivity (Wildman–Crippen MR) is 103 cm³/mol. The summed E-state index contributed by atoms with van der Waals surface area (Å²) in [5.41, 5.74) is 2.69. The number of carbonyl (C=O) groups excluding carboxylic acids is 2. The summed E-state index contributed by atoms with van der Waals surface area (Å²) in [5.74, 6) is 0.802. The molecule has 0 saturated carbocycles. The first-order chi connectivity index (χ1) is 13.2. The van der Waals surface area contributed by atoms with Crippen LogP contribution in [0.25, 0.3) is 0 Å². The Labute approximate surface area is 159 Å². The zero-order valence-corrected chi connectivity index (χ0v) is 15.6. The second-order valence-corrected chi connectivity index (χ2v) is 7.65. The highest BCUT2D eigenvalue weighted by Crippen LogP contribution is 2.23. The van der Waals surface area contributed by atoms with E-state index in [2.05, 4.69) is 12.1 Å². The van der Waals surface area contributed by atoms with Crippen molar-refractivity contribution in [2.45, 2.75) is 32.1 Å². The van der Waals surface area contributed by atoms with Crippen LogP contribution >= 0.6 is 0 Å². The van der Waals surface area contributed by atoms with Gasteiger partial charge in [0.05, 0.1) is 11.8 Å². The Morgan fingerprint density at radius 2 is 1.48 bits per heavy atom. The van der Waals surface area contributed by atoms with E-state index in [1.54, 1.807) is 6.07 Å². The van der Waals surface area contributed by atoms with Crippen LogP contribution in [0.1, 0.15) is 52.0 Å². The van der Waals surface area contributed by atoms with Gasteiger partial charge in [-0.3, -0.25) is 9.59 Å². The minimum Gasteiger partial charge on any atom is -0.472 e. The number of piperidine rings is 1. The monoisotopic (exact) mass is 366 g/mol. The van der Waals surface area contributed by atoms with E-state index in [9.17, 15) is 9.59 Å². The molecule has 3 heterocycles. The van der Waals surface area contributed by atoms with Crippen LogP contribution in [0.4, 0.5) is 0 Å². The van der Waals surface area contributed by atoms with Crippen molar-refractivity contribution in [1.82, 2.24) is 9.80 Å². The van der Waals surface area contributed by atoms with Gasteiger partial charge in [0.15, 0.2) is 0 Å². The summed E-state index contributed by atoms with van der Waals surface area (Å²) in [4.78, 5) is 28.7. The fourth-order valence-corrected chi connectivity index (χ4v) is 4.13. The van der Waals surface area contributed by atoms with E-state index in [0.717, 1.165) is 63.8 Å². The molecule has 0 unspecified atom stereocenters. The Morgan fingerprint density at radius 1 is 0.852 bits per heavy atom. The molecule has 0 spiro atoms. The summed E-state index contributed by atoms with van der Waals surface area (Å²) in [6, 6.07) is 9.83. The number of rotatable bonds is 4. The Balaban J connectivity index is 1.29. The first-order valence-corrected chi connectivity index (χ1v) is 9.90. The minimum atomic E-state index is 0.0620. The molecule has 5 nitrogen and oxygen atoms in total. The quantitative estimate of drug-likeness (QED) is 0.831. The van der Waals surface area contributed by atoms with Gasteiger partial charge in [0.1, 0.15) is 6.26 Å². The minimum absolute atomic E-state index is 0.0620. The van der Waals surface area contributed by atoms with Gasteiger partial charge in [0.25, 0.3) is 11.8 Å². The Hall–Kier alpha value is -2.56. The van der Waals surface area contributed by atoms with Crippen molar-refractivity contribution in [3.63, 3.8) is 0 Å². The van der Waals surface area contributed by atoms with Crippen LogP contribution < -0.4 is 0 Å². The van der Waals surface area contributed by atoms with Crippen molar-refractivity contribution in [2.24, 2.45) is 5.92 Å². The maximum absolute atomic E-state index is 12.4.